The van der Waals surface area contributed by atoms with Crippen LogP contribution in [0.2, 0.25) is 0 Å². The van der Waals surface area contributed by atoms with Crippen molar-refractivity contribution >= 4 is 17.7 Å². The second-order valence-corrected chi connectivity index (χ2v) is 6.57. The third-order valence-corrected chi connectivity index (χ3v) is 4.73. The summed E-state index contributed by atoms with van der Waals surface area (Å²) < 4.78 is 4.94. The Hall–Kier alpha value is -3.33. The summed E-state index contributed by atoms with van der Waals surface area (Å²) in [4.78, 5) is 27.8. The number of carbonyl (C=O) groups excluding carboxylic acids is 2. The molecule has 6 heteroatoms. The SMILES string of the molecule is CCOC(=O)CCN1CCCN(c2ccc(-c3ccc(C#N)cc3)cc2)C1=O. The van der Waals surface area contributed by atoms with E-state index in [0.29, 0.717) is 31.8 Å². The summed E-state index contributed by atoms with van der Waals surface area (Å²) in [5.41, 5.74) is 3.51. The Morgan fingerprint density at radius 1 is 1.07 bits per heavy atom. The third kappa shape index (κ3) is 4.49. The Bertz CT molecular complexity index is 869. The molecule has 1 saturated heterocycles. The lowest BCUT2D eigenvalue weighted by Crippen LogP contribution is -2.50. The summed E-state index contributed by atoms with van der Waals surface area (Å²) in [5, 5.41) is 8.90. The summed E-state index contributed by atoms with van der Waals surface area (Å²) in [6, 6.07) is 17.2. The molecular weight excluding hydrogens is 354 g/mol. The predicted octanol–water partition coefficient (Wildman–Crippen LogP) is 3.81. The predicted molar refractivity (Wildman–Crippen MR) is 107 cm³/mol. The van der Waals surface area contributed by atoms with Crippen molar-refractivity contribution in [2.24, 2.45) is 0 Å². The molecule has 0 N–H and O–H groups in total. The molecule has 28 heavy (non-hydrogen) atoms. The van der Waals surface area contributed by atoms with Gasteiger partial charge in [-0.25, -0.2) is 4.79 Å². The number of anilines is 1. The molecule has 2 amide bonds. The number of nitrogens with zero attached hydrogens (tertiary/aromatic N) is 3. The zero-order valence-electron chi connectivity index (χ0n) is 15.9. The van der Waals surface area contributed by atoms with Crippen LogP contribution in [0, 0.1) is 11.3 Å². The van der Waals surface area contributed by atoms with Gasteiger partial charge in [0.15, 0.2) is 0 Å². The maximum atomic E-state index is 12.8. The molecule has 0 atom stereocenters. The first kappa shape index (κ1) is 19.4. The molecule has 144 valence electrons. The number of esters is 1. The number of nitriles is 1. The summed E-state index contributed by atoms with van der Waals surface area (Å²) in [6.45, 7) is 3.80. The summed E-state index contributed by atoms with van der Waals surface area (Å²) in [7, 11) is 0. The van der Waals surface area contributed by atoms with Crippen LogP contribution in [0.5, 0.6) is 0 Å². The molecule has 6 nitrogen and oxygen atoms in total. The van der Waals surface area contributed by atoms with Gasteiger partial charge in [0.05, 0.1) is 24.7 Å². The van der Waals surface area contributed by atoms with Gasteiger partial charge in [0, 0.05) is 25.3 Å². The van der Waals surface area contributed by atoms with Gasteiger partial charge in [-0.15, -0.1) is 0 Å². The highest BCUT2D eigenvalue weighted by atomic mass is 16.5. The maximum Gasteiger partial charge on any atom is 0.324 e. The molecule has 0 aromatic heterocycles. The van der Waals surface area contributed by atoms with Crippen molar-refractivity contribution in [3.05, 3.63) is 54.1 Å². The molecule has 0 saturated carbocycles. The minimum absolute atomic E-state index is 0.0818. The highest BCUT2D eigenvalue weighted by molar-refractivity contribution is 5.93. The number of hydrogen-bond acceptors (Lipinski definition) is 4. The fraction of sp³-hybridized carbons (Fsp3) is 0.318. The van der Waals surface area contributed by atoms with E-state index >= 15 is 0 Å². The number of amides is 2. The standard InChI is InChI=1S/C22H23N3O3/c1-2-28-21(26)12-15-24-13-3-14-25(22(24)27)20-10-8-19(9-11-20)18-6-4-17(16-23)5-7-18/h4-11H,2-3,12-15H2,1H3. The molecule has 1 aliphatic rings. The van der Waals surface area contributed by atoms with Crippen LogP contribution >= 0.6 is 0 Å². The lowest BCUT2D eigenvalue weighted by Gasteiger charge is -2.35. The van der Waals surface area contributed by atoms with Crippen molar-refractivity contribution in [1.82, 2.24) is 4.90 Å². The van der Waals surface area contributed by atoms with E-state index in [2.05, 4.69) is 6.07 Å². The molecular formula is C22H23N3O3. The second kappa shape index (κ2) is 9.05. The van der Waals surface area contributed by atoms with Gasteiger partial charge in [0.25, 0.3) is 0 Å². The van der Waals surface area contributed by atoms with Crippen LogP contribution in [-0.2, 0) is 9.53 Å². The fourth-order valence-corrected chi connectivity index (χ4v) is 3.26. The lowest BCUT2D eigenvalue weighted by atomic mass is 10.0. The molecule has 1 heterocycles. The van der Waals surface area contributed by atoms with Gasteiger partial charge in [0.1, 0.15) is 0 Å². The monoisotopic (exact) mass is 377 g/mol. The van der Waals surface area contributed by atoms with Gasteiger partial charge in [-0.3, -0.25) is 9.69 Å². The van der Waals surface area contributed by atoms with Crippen LogP contribution in [0.4, 0.5) is 10.5 Å². The quantitative estimate of drug-likeness (QED) is 0.718. The molecule has 0 unspecified atom stereocenters. The number of ether oxygens (including phenoxy) is 1. The lowest BCUT2D eigenvalue weighted by molar-refractivity contribution is -0.143. The van der Waals surface area contributed by atoms with Crippen molar-refractivity contribution in [2.75, 3.05) is 31.1 Å². The largest absolute Gasteiger partial charge is 0.466 e. The van der Waals surface area contributed by atoms with E-state index < -0.39 is 0 Å². The number of urea groups is 1. The van der Waals surface area contributed by atoms with Gasteiger partial charge in [0.2, 0.25) is 0 Å². The number of hydrogen-bond donors (Lipinski definition) is 0. The van der Waals surface area contributed by atoms with Crippen molar-refractivity contribution in [3.63, 3.8) is 0 Å². The topological polar surface area (TPSA) is 73.6 Å². The Morgan fingerprint density at radius 3 is 2.32 bits per heavy atom. The van der Waals surface area contributed by atoms with E-state index in [4.69, 9.17) is 10.00 Å². The average molecular weight is 377 g/mol. The van der Waals surface area contributed by atoms with E-state index in [1.54, 1.807) is 28.9 Å². The van der Waals surface area contributed by atoms with E-state index in [-0.39, 0.29) is 18.4 Å². The highest BCUT2D eigenvalue weighted by Crippen LogP contribution is 2.25. The molecule has 2 aromatic carbocycles. The Morgan fingerprint density at radius 2 is 1.71 bits per heavy atom. The highest BCUT2D eigenvalue weighted by Gasteiger charge is 2.27. The molecule has 3 rings (SSSR count). The normalized spacial score (nSPS) is 13.9. The van der Waals surface area contributed by atoms with Gasteiger partial charge in [-0.05, 0) is 48.7 Å². The van der Waals surface area contributed by atoms with E-state index in [1.807, 2.05) is 36.4 Å². The van der Waals surface area contributed by atoms with Crippen molar-refractivity contribution < 1.29 is 14.3 Å². The van der Waals surface area contributed by atoms with Crippen LogP contribution < -0.4 is 4.90 Å². The zero-order valence-corrected chi connectivity index (χ0v) is 15.9. The minimum Gasteiger partial charge on any atom is -0.466 e. The number of carbonyl (C=O) groups is 2. The summed E-state index contributed by atoms with van der Waals surface area (Å²) in [5.74, 6) is -0.279. The first-order valence-electron chi connectivity index (χ1n) is 9.45. The van der Waals surface area contributed by atoms with Crippen LogP contribution in [0.1, 0.15) is 25.3 Å². The van der Waals surface area contributed by atoms with Gasteiger partial charge < -0.3 is 9.64 Å². The molecule has 0 aliphatic carbocycles. The van der Waals surface area contributed by atoms with Gasteiger partial charge in [-0.2, -0.15) is 5.26 Å². The Balaban J connectivity index is 1.67. The maximum absolute atomic E-state index is 12.8. The van der Waals surface area contributed by atoms with E-state index in [0.717, 1.165) is 23.2 Å². The number of benzene rings is 2. The van der Waals surface area contributed by atoms with E-state index in [9.17, 15) is 9.59 Å². The zero-order chi connectivity index (χ0) is 19.9. The van der Waals surface area contributed by atoms with Gasteiger partial charge >= 0.3 is 12.0 Å². The summed E-state index contributed by atoms with van der Waals surface area (Å²) in [6.07, 6.45) is 1.07. The minimum atomic E-state index is -0.279. The first-order valence-corrected chi connectivity index (χ1v) is 9.45. The average Bonchev–Trinajstić information content (AvgIpc) is 2.73. The molecule has 1 fully saturated rings. The fourth-order valence-electron chi connectivity index (χ4n) is 3.26. The van der Waals surface area contributed by atoms with Crippen molar-refractivity contribution in [1.29, 1.82) is 5.26 Å². The number of rotatable bonds is 6. The molecule has 2 aromatic rings. The summed E-state index contributed by atoms with van der Waals surface area (Å²) >= 11 is 0. The molecule has 0 spiro atoms. The van der Waals surface area contributed by atoms with Crippen LogP contribution in [-0.4, -0.2) is 43.1 Å². The first-order chi connectivity index (χ1) is 13.6. The van der Waals surface area contributed by atoms with Gasteiger partial charge in [-0.1, -0.05) is 24.3 Å². The third-order valence-electron chi connectivity index (χ3n) is 4.73. The molecule has 0 radical (unpaired) electrons. The van der Waals surface area contributed by atoms with Crippen LogP contribution in [0.15, 0.2) is 48.5 Å². The Kier molecular flexibility index (Phi) is 6.28. The smallest absolute Gasteiger partial charge is 0.324 e. The molecule has 0 bridgehead atoms. The van der Waals surface area contributed by atoms with E-state index in [1.165, 1.54) is 0 Å². The van der Waals surface area contributed by atoms with Crippen LogP contribution in [0.25, 0.3) is 11.1 Å². The van der Waals surface area contributed by atoms with Crippen LogP contribution in [0.3, 0.4) is 0 Å². The Labute approximate surface area is 164 Å². The second-order valence-electron chi connectivity index (χ2n) is 6.57. The molecule has 1 aliphatic heterocycles. The van der Waals surface area contributed by atoms with Crippen molar-refractivity contribution in [3.8, 4) is 17.2 Å². The van der Waals surface area contributed by atoms with Crippen molar-refractivity contribution in [2.45, 2.75) is 19.8 Å².